The van der Waals surface area contributed by atoms with E-state index < -0.39 is 54.9 Å². The second kappa shape index (κ2) is 8.36. The lowest BCUT2D eigenvalue weighted by molar-refractivity contribution is -0.192. The Morgan fingerprint density at radius 2 is 1.69 bits per heavy atom. The van der Waals surface area contributed by atoms with Gasteiger partial charge in [-0.3, -0.25) is 14.4 Å². The van der Waals surface area contributed by atoms with E-state index in [0.717, 1.165) is 9.80 Å². The number of carbonyl (C=O) groups is 3. The van der Waals surface area contributed by atoms with Gasteiger partial charge in [-0.1, -0.05) is 19.1 Å². The van der Waals surface area contributed by atoms with Crippen molar-refractivity contribution in [1.82, 2.24) is 9.80 Å². The molecule has 1 unspecified atom stereocenters. The number of carbonyl (C=O) groups excluding carboxylic acids is 3. The summed E-state index contributed by atoms with van der Waals surface area (Å²) in [6.07, 6.45) is -5.90. The number of ether oxygens (including phenoxy) is 2. The third-order valence-corrected chi connectivity index (χ3v) is 5.26. The first kappa shape index (κ1) is 21.0. The van der Waals surface area contributed by atoms with E-state index in [-0.39, 0.29) is 13.0 Å². The Kier molecular flexibility index (Phi) is 6.06. The molecule has 5 atom stereocenters. The summed E-state index contributed by atoms with van der Waals surface area (Å²) in [5.41, 5.74) is 0.676. The molecular formula is C19H24N2O8. The fourth-order valence-electron chi connectivity index (χ4n) is 3.64. The lowest BCUT2D eigenvalue weighted by Gasteiger charge is -2.46. The zero-order valence-electron chi connectivity index (χ0n) is 16.1. The van der Waals surface area contributed by atoms with Gasteiger partial charge in [-0.25, -0.2) is 0 Å². The maximum absolute atomic E-state index is 12.6. The van der Waals surface area contributed by atoms with Crippen molar-refractivity contribution in [3.05, 3.63) is 29.8 Å². The highest BCUT2D eigenvalue weighted by atomic mass is 16.5. The van der Waals surface area contributed by atoms with Crippen LogP contribution in [0.5, 0.6) is 5.75 Å². The van der Waals surface area contributed by atoms with Crippen LogP contribution in [0.25, 0.3) is 0 Å². The molecule has 0 spiro atoms. The summed E-state index contributed by atoms with van der Waals surface area (Å²) in [7, 11) is 1.52. The van der Waals surface area contributed by atoms with Crippen molar-refractivity contribution >= 4 is 17.8 Å². The first-order chi connectivity index (χ1) is 13.8. The van der Waals surface area contributed by atoms with Gasteiger partial charge in [-0.2, -0.15) is 0 Å². The van der Waals surface area contributed by atoms with E-state index in [1.807, 2.05) is 0 Å². The molecule has 2 saturated heterocycles. The maximum atomic E-state index is 12.6. The van der Waals surface area contributed by atoms with Crippen LogP contribution in [0, 0.1) is 0 Å². The molecule has 158 valence electrons. The van der Waals surface area contributed by atoms with Gasteiger partial charge in [-0.15, -0.1) is 0 Å². The van der Waals surface area contributed by atoms with E-state index >= 15 is 0 Å². The minimum absolute atomic E-state index is 0.00290. The fourth-order valence-corrected chi connectivity index (χ4v) is 3.64. The van der Waals surface area contributed by atoms with Crippen LogP contribution in [-0.4, -0.2) is 87.1 Å². The van der Waals surface area contributed by atoms with Gasteiger partial charge in [0.2, 0.25) is 0 Å². The third-order valence-electron chi connectivity index (χ3n) is 5.26. The number of esters is 1. The van der Waals surface area contributed by atoms with Gasteiger partial charge in [0, 0.05) is 13.0 Å². The van der Waals surface area contributed by atoms with E-state index in [1.165, 1.54) is 7.11 Å². The van der Waals surface area contributed by atoms with Crippen LogP contribution in [0.15, 0.2) is 24.3 Å². The van der Waals surface area contributed by atoms with Gasteiger partial charge in [0.05, 0.1) is 13.2 Å². The summed E-state index contributed by atoms with van der Waals surface area (Å²) >= 11 is 0. The molecule has 0 aliphatic carbocycles. The molecule has 29 heavy (non-hydrogen) atoms. The molecule has 1 aromatic carbocycles. The van der Waals surface area contributed by atoms with Crippen LogP contribution in [0.4, 0.5) is 0 Å². The Labute approximate surface area is 167 Å². The number of fused-ring (bicyclic) bond motifs is 1. The maximum Gasteiger partial charge on any atom is 0.314 e. The summed E-state index contributed by atoms with van der Waals surface area (Å²) < 4.78 is 10.1. The van der Waals surface area contributed by atoms with Crippen molar-refractivity contribution in [2.24, 2.45) is 0 Å². The Hall–Kier alpha value is -2.69. The monoisotopic (exact) mass is 408 g/mol. The second-order valence-corrected chi connectivity index (χ2v) is 6.98. The quantitative estimate of drug-likeness (QED) is 0.387. The van der Waals surface area contributed by atoms with E-state index in [2.05, 4.69) is 0 Å². The van der Waals surface area contributed by atoms with Crippen molar-refractivity contribution in [2.45, 2.75) is 50.4 Å². The SMILES string of the molecule is CCC(=O)OC[C@@H]1[C@@H](O)[C@H](O)[C@H](O)C2N(Cc3ccc(OC)cc3)C(=O)C(=O)N21. The largest absolute Gasteiger partial charge is 0.497 e. The van der Waals surface area contributed by atoms with Crippen molar-refractivity contribution in [1.29, 1.82) is 0 Å². The zero-order chi connectivity index (χ0) is 21.3. The molecule has 3 rings (SSSR count). The Morgan fingerprint density at radius 3 is 2.28 bits per heavy atom. The topological polar surface area (TPSA) is 137 Å². The number of rotatable bonds is 6. The molecule has 10 nitrogen and oxygen atoms in total. The number of nitrogens with zero attached hydrogens (tertiary/aromatic N) is 2. The molecular weight excluding hydrogens is 384 g/mol. The molecule has 2 aliphatic heterocycles. The van der Waals surface area contributed by atoms with Crippen LogP contribution in [-0.2, 0) is 25.7 Å². The van der Waals surface area contributed by atoms with Gasteiger partial charge >= 0.3 is 17.8 Å². The number of aliphatic hydroxyl groups excluding tert-OH is 3. The average molecular weight is 408 g/mol. The Morgan fingerprint density at radius 1 is 1.03 bits per heavy atom. The van der Waals surface area contributed by atoms with Gasteiger partial charge in [0.1, 0.15) is 36.8 Å². The molecule has 3 N–H and O–H groups in total. The van der Waals surface area contributed by atoms with Crippen LogP contribution in [0.2, 0.25) is 0 Å². The van der Waals surface area contributed by atoms with Crippen LogP contribution >= 0.6 is 0 Å². The van der Waals surface area contributed by atoms with Gasteiger partial charge in [0.15, 0.2) is 0 Å². The van der Waals surface area contributed by atoms with Crippen LogP contribution in [0.1, 0.15) is 18.9 Å². The predicted octanol–water partition coefficient (Wildman–Crippen LogP) is -1.39. The molecule has 0 saturated carbocycles. The van der Waals surface area contributed by atoms with E-state index in [4.69, 9.17) is 9.47 Å². The lowest BCUT2D eigenvalue weighted by atomic mass is 9.92. The molecule has 1 aromatic rings. The Bertz CT molecular complexity index is 783. The summed E-state index contributed by atoms with van der Waals surface area (Å²) in [6, 6.07) is 5.64. The van der Waals surface area contributed by atoms with Crippen molar-refractivity contribution in [3.8, 4) is 5.75 Å². The molecule has 2 aliphatic rings. The van der Waals surface area contributed by atoms with E-state index in [9.17, 15) is 29.7 Å². The molecule has 0 bridgehead atoms. The molecule has 0 aromatic heterocycles. The second-order valence-electron chi connectivity index (χ2n) is 6.98. The molecule has 0 radical (unpaired) electrons. The summed E-state index contributed by atoms with van der Waals surface area (Å²) in [5.74, 6) is -1.75. The lowest BCUT2D eigenvalue weighted by Crippen LogP contribution is -2.68. The normalized spacial score (nSPS) is 29.1. The predicted molar refractivity (Wildman–Crippen MR) is 97.2 cm³/mol. The number of piperidine rings is 1. The summed E-state index contributed by atoms with van der Waals surface area (Å²) in [4.78, 5) is 38.9. The van der Waals surface area contributed by atoms with Crippen LogP contribution in [0.3, 0.4) is 0 Å². The zero-order valence-corrected chi connectivity index (χ0v) is 16.1. The third kappa shape index (κ3) is 3.78. The first-order valence-corrected chi connectivity index (χ1v) is 9.26. The molecule has 2 amide bonds. The van der Waals surface area contributed by atoms with Gasteiger partial charge < -0.3 is 34.6 Å². The van der Waals surface area contributed by atoms with Crippen molar-refractivity contribution in [3.63, 3.8) is 0 Å². The Balaban J connectivity index is 1.87. The summed E-state index contributed by atoms with van der Waals surface area (Å²) in [5, 5.41) is 31.1. The van der Waals surface area contributed by atoms with E-state index in [1.54, 1.807) is 31.2 Å². The number of amides is 2. The molecule has 10 heteroatoms. The minimum atomic E-state index is -1.63. The number of hydrogen-bond donors (Lipinski definition) is 3. The standard InChI is InChI=1S/C19H24N2O8/c1-3-13(22)29-9-12-14(23)15(24)16(25)17-20(18(26)19(27)21(12)17)8-10-4-6-11(28-2)7-5-10/h4-7,12,14-17,23-25H,3,8-9H2,1-2H3/t12-,14-,15+,16+,17?/m1/s1. The first-order valence-electron chi connectivity index (χ1n) is 9.26. The minimum Gasteiger partial charge on any atom is -0.497 e. The van der Waals surface area contributed by atoms with Crippen molar-refractivity contribution < 1.29 is 39.2 Å². The number of aliphatic hydroxyl groups is 3. The number of benzene rings is 1. The smallest absolute Gasteiger partial charge is 0.314 e. The van der Waals surface area contributed by atoms with E-state index in [0.29, 0.717) is 11.3 Å². The summed E-state index contributed by atoms with van der Waals surface area (Å²) in [6.45, 7) is 1.18. The highest BCUT2D eigenvalue weighted by Gasteiger charge is 2.59. The number of hydrogen-bond acceptors (Lipinski definition) is 8. The highest BCUT2D eigenvalue weighted by molar-refractivity contribution is 6.37. The van der Waals surface area contributed by atoms with Crippen LogP contribution < -0.4 is 4.74 Å². The van der Waals surface area contributed by atoms with Crippen molar-refractivity contribution in [2.75, 3.05) is 13.7 Å². The average Bonchev–Trinajstić information content (AvgIpc) is 2.97. The molecule has 2 fully saturated rings. The van der Waals surface area contributed by atoms with Gasteiger partial charge in [0.25, 0.3) is 0 Å². The molecule has 2 heterocycles. The highest BCUT2D eigenvalue weighted by Crippen LogP contribution is 2.33. The van der Waals surface area contributed by atoms with Gasteiger partial charge in [-0.05, 0) is 17.7 Å². The fraction of sp³-hybridized carbons (Fsp3) is 0.526. The number of methoxy groups -OCH3 is 1.